The van der Waals surface area contributed by atoms with Crippen molar-refractivity contribution in [2.45, 2.75) is 19.4 Å². The van der Waals surface area contributed by atoms with Crippen LogP contribution in [-0.2, 0) is 6.42 Å². The summed E-state index contributed by atoms with van der Waals surface area (Å²) in [4.78, 5) is 2.49. The molecule has 1 saturated heterocycles. The number of hydrogen-bond donors (Lipinski definition) is 1. The first-order chi connectivity index (χ1) is 8.16. The van der Waals surface area contributed by atoms with Crippen molar-refractivity contribution < 1.29 is 0 Å². The van der Waals surface area contributed by atoms with Gasteiger partial charge in [-0.1, -0.05) is 22.0 Å². The Morgan fingerprint density at radius 3 is 2.76 bits per heavy atom. The average Bonchev–Trinajstić information content (AvgIpc) is 2.32. The van der Waals surface area contributed by atoms with Crippen LogP contribution in [0.3, 0.4) is 0 Å². The molecule has 2 nitrogen and oxygen atoms in total. The van der Waals surface area contributed by atoms with Crippen LogP contribution in [0.2, 0.25) is 0 Å². The molecule has 0 spiro atoms. The lowest BCUT2D eigenvalue weighted by Gasteiger charge is -2.31. The molecule has 0 aliphatic carbocycles. The SMILES string of the molecule is CC(N)Cc1ccc(Br)cc1N1CCSCC1. The maximum absolute atomic E-state index is 5.93. The summed E-state index contributed by atoms with van der Waals surface area (Å²) in [5, 5.41) is 0. The van der Waals surface area contributed by atoms with E-state index in [1.807, 2.05) is 11.8 Å². The molecule has 1 heterocycles. The molecule has 1 aliphatic rings. The van der Waals surface area contributed by atoms with Gasteiger partial charge in [0.2, 0.25) is 0 Å². The van der Waals surface area contributed by atoms with Crippen LogP contribution in [-0.4, -0.2) is 30.6 Å². The van der Waals surface area contributed by atoms with Crippen LogP contribution >= 0.6 is 27.7 Å². The van der Waals surface area contributed by atoms with Crippen molar-refractivity contribution in [3.63, 3.8) is 0 Å². The summed E-state index contributed by atoms with van der Waals surface area (Å²) >= 11 is 5.61. The first-order valence-corrected chi connectivity index (χ1v) is 7.98. The van der Waals surface area contributed by atoms with Gasteiger partial charge in [0.1, 0.15) is 0 Å². The molecule has 1 aliphatic heterocycles. The monoisotopic (exact) mass is 314 g/mol. The number of rotatable bonds is 3. The summed E-state index contributed by atoms with van der Waals surface area (Å²) in [5.41, 5.74) is 8.66. The van der Waals surface area contributed by atoms with Crippen LogP contribution in [0.25, 0.3) is 0 Å². The highest BCUT2D eigenvalue weighted by Gasteiger charge is 2.15. The van der Waals surface area contributed by atoms with E-state index in [0.29, 0.717) is 0 Å². The van der Waals surface area contributed by atoms with Crippen LogP contribution in [0.15, 0.2) is 22.7 Å². The van der Waals surface area contributed by atoms with E-state index in [1.165, 1.54) is 22.8 Å². The Morgan fingerprint density at radius 2 is 2.12 bits per heavy atom. The van der Waals surface area contributed by atoms with Gasteiger partial charge in [-0.2, -0.15) is 11.8 Å². The number of nitrogens with two attached hydrogens (primary N) is 1. The number of hydrogen-bond acceptors (Lipinski definition) is 3. The number of halogens is 1. The van der Waals surface area contributed by atoms with Crippen molar-refractivity contribution in [3.8, 4) is 0 Å². The van der Waals surface area contributed by atoms with Crippen LogP contribution in [0.5, 0.6) is 0 Å². The van der Waals surface area contributed by atoms with Gasteiger partial charge in [-0.3, -0.25) is 0 Å². The molecule has 1 unspecified atom stereocenters. The molecule has 2 N–H and O–H groups in total. The molecule has 1 atom stereocenters. The minimum Gasteiger partial charge on any atom is -0.370 e. The second-order valence-corrected chi connectivity index (χ2v) is 6.69. The van der Waals surface area contributed by atoms with Gasteiger partial charge in [0, 0.05) is 40.8 Å². The van der Waals surface area contributed by atoms with Crippen molar-refractivity contribution in [2.75, 3.05) is 29.5 Å². The van der Waals surface area contributed by atoms with Gasteiger partial charge in [-0.15, -0.1) is 0 Å². The molecule has 1 fully saturated rings. The molecule has 0 bridgehead atoms. The van der Waals surface area contributed by atoms with Gasteiger partial charge < -0.3 is 10.6 Å². The Labute approximate surface area is 116 Å². The Bertz CT molecular complexity index is 376. The average molecular weight is 315 g/mol. The summed E-state index contributed by atoms with van der Waals surface area (Å²) in [6.07, 6.45) is 0.951. The fourth-order valence-electron chi connectivity index (χ4n) is 2.16. The maximum atomic E-state index is 5.93. The van der Waals surface area contributed by atoms with Crippen LogP contribution < -0.4 is 10.6 Å². The number of thioether (sulfide) groups is 1. The summed E-state index contributed by atoms with van der Waals surface area (Å²) in [6, 6.07) is 6.76. The normalized spacial score (nSPS) is 18.2. The maximum Gasteiger partial charge on any atom is 0.0411 e. The number of benzene rings is 1. The van der Waals surface area contributed by atoms with Crippen molar-refractivity contribution in [1.82, 2.24) is 0 Å². The zero-order valence-corrected chi connectivity index (χ0v) is 12.6. The summed E-state index contributed by atoms with van der Waals surface area (Å²) in [5.74, 6) is 2.45. The van der Waals surface area contributed by atoms with E-state index < -0.39 is 0 Å². The molecular weight excluding hydrogens is 296 g/mol. The lowest BCUT2D eigenvalue weighted by atomic mass is 10.0. The van der Waals surface area contributed by atoms with E-state index in [1.54, 1.807) is 0 Å². The summed E-state index contributed by atoms with van der Waals surface area (Å²) in [6.45, 7) is 4.36. The molecule has 4 heteroatoms. The number of anilines is 1. The van der Waals surface area contributed by atoms with E-state index in [2.05, 4.69) is 46.0 Å². The fraction of sp³-hybridized carbons (Fsp3) is 0.538. The predicted molar refractivity (Wildman–Crippen MR) is 81.0 cm³/mol. The molecule has 0 saturated carbocycles. The van der Waals surface area contributed by atoms with E-state index in [9.17, 15) is 0 Å². The Morgan fingerprint density at radius 1 is 1.41 bits per heavy atom. The van der Waals surface area contributed by atoms with Gasteiger partial charge >= 0.3 is 0 Å². The van der Waals surface area contributed by atoms with Crippen molar-refractivity contribution in [1.29, 1.82) is 0 Å². The van der Waals surface area contributed by atoms with Crippen molar-refractivity contribution >= 4 is 33.4 Å². The second-order valence-electron chi connectivity index (χ2n) is 4.55. The highest BCUT2D eigenvalue weighted by Crippen LogP contribution is 2.28. The fourth-order valence-corrected chi connectivity index (χ4v) is 3.41. The summed E-state index contributed by atoms with van der Waals surface area (Å²) < 4.78 is 1.15. The topological polar surface area (TPSA) is 29.3 Å². The van der Waals surface area contributed by atoms with E-state index in [4.69, 9.17) is 5.73 Å². The van der Waals surface area contributed by atoms with Crippen molar-refractivity contribution in [3.05, 3.63) is 28.2 Å². The molecular formula is C13H19BrN2S. The molecule has 1 aromatic rings. The predicted octanol–water partition coefficient (Wildman–Crippen LogP) is 2.89. The third kappa shape index (κ3) is 3.63. The highest BCUT2D eigenvalue weighted by molar-refractivity contribution is 9.10. The third-order valence-electron chi connectivity index (χ3n) is 2.94. The lowest BCUT2D eigenvalue weighted by molar-refractivity contribution is 0.731. The van der Waals surface area contributed by atoms with Crippen LogP contribution in [0.1, 0.15) is 12.5 Å². The van der Waals surface area contributed by atoms with Gasteiger partial charge in [-0.05, 0) is 31.0 Å². The molecule has 94 valence electrons. The summed E-state index contributed by atoms with van der Waals surface area (Å²) in [7, 11) is 0. The third-order valence-corrected chi connectivity index (χ3v) is 4.38. The first kappa shape index (κ1) is 13.2. The Hall–Kier alpha value is -0.190. The van der Waals surface area contributed by atoms with Crippen LogP contribution in [0.4, 0.5) is 5.69 Å². The highest BCUT2D eigenvalue weighted by atomic mass is 79.9. The zero-order valence-electron chi connectivity index (χ0n) is 10.2. The van der Waals surface area contributed by atoms with Gasteiger partial charge in [-0.25, -0.2) is 0 Å². The molecule has 17 heavy (non-hydrogen) atoms. The number of nitrogens with zero attached hydrogens (tertiary/aromatic N) is 1. The molecule has 2 rings (SSSR count). The minimum absolute atomic E-state index is 0.217. The second kappa shape index (κ2) is 6.12. The first-order valence-electron chi connectivity index (χ1n) is 6.03. The molecule has 0 radical (unpaired) electrons. The Kier molecular flexibility index (Phi) is 4.77. The van der Waals surface area contributed by atoms with E-state index in [-0.39, 0.29) is 6.04 Å². The standard InChI is InChI=1S/C13H19BrN2S/c1-10(15)8-11-2-3-12(14)9-13(11)16-4-6-17-7-5-16/h2-3,9-10H,4-8,15H2,1H3. The van der Waals surface area contributed by atoms with Crippen molar-refractivity contribution in [2.24, 2.45) is 5.73 Å². The lowest BCUT2D eigenvalue weighted by Crippen LogP contribution is -2.33. The zero-order chi connectivity index (χ0) is 12.3. The smallest absolute Gasteiger partial charge is 0.0411 e. The quantitative estimate of drug-likeness (QED) is 0.930. The van der Waals surface area contributed by atoms with Crippen LogP contribution in [0, 0.1) is 0 Å². The molecule has 0 aromatic heterocycles. The minimum atomic E-state index is 0.217. The van der Waals surface area contributed by atoms with E-state index >= 15 is 0 Å². The van der Waals surface area contributed by atoms with E-state index in [0.717, 1.165) is 24.0 Å². The largest absolute Gasteiger partial charge is 0.370 e. The van der Waals surface area contributed by atoms with Gasteiger partial charge in [0.25, 0.3) is 0 Å². The van der Waals surface area contributed by atoms with Gasteiger partial charge in [0.15, 0.2) is 0 Å². The van der Waals surface area contributed by atoms with Gasteiger partial charge in [0.05, 0.1) is 0 Å². The molecule has 1 aromatic carbocycles. The Balaban J connectivity index is 2.25. The molecule has 0 amide bonds.